The largest absolute Gasteiger partial charge is 1.00 e. The molecule has 0 N–H and O–H groups in total. The van der Waals surface area contributed by atoms with Gasteiger partial charge in [0.25, 0.3) is 0 Å². The molecule has 0 aliphatic carbocycles. The molecule has 337 valence electrons. The number of halogens is 1. The first kappa shape index (κ1) is 49.6. The third-order valence-electron chi connectivity index (χ3n) is 11.2. The molecule has 9 aromatic carbocycles. The number of aromatic nitrogens is 1. The Balaban J connectivity index is 0.000000153. The summed E-state index contributed by atoms with van der Waals surface area (Å²) in [7, 11) is -0.892. The van der Waals surface area contributed by atoms with Crippen LogP contribution in [-0.2, 0) is 33.4 Å². The third kappa shape index (κ3) is 12.2. The van der Waals surface area contributed by atoms with Crippen LogP contribution in [0.2, 0.25) is 0 Å². The minimum atomic E-state index is -0.446. The normalized spacial score (nSPS) is 10.9. The minimum absolute atomic E-state index is 0. The topological polar surface area (TPSA) is 31.2 Å². The number of aryl methyl sites for hydroxylation is 1. The van der Waals surface area contributed by atoms with Crippen LogP contribution in [0.3, 0.4) is 0 Å². The van der Waals surface area contributed by atoms with Crippen LogP contribution < -0.4 is 53.5 Å². The average molecular weight is 1080 g/mol. The summed E-state index contributed by atoms with van der Waals surface area (Å²) in [6.07, 6.45) is 0.893. The SMILES string of the molecule is O=C(Oc1[c]cccc1)c1cc(-c2ccccc2)c2n1CCc1ccccc1-2.[Br-].[Pd].c1ccc(P(c2ccccc2)c2ccccc2)cc1.c1ccc(P(c2ccccc2)c2ccccc2)cc1. The fraction of sp³-hybridized carbons (Fsp3) is 0.0328. The van der Waals surface area contributed by atoms with Crippen molar-refractivity contribution in [2.75, 3.05) is 0 Å². The summed E-state index contributed by atoms with van der Waals surface area (Å²) in [5, 5.41) is 8.39. The van der Waals surface area contributed by atoms with Crippen LogP contribution in [0.1, 0.15) is 16.1 Å². The van der Waals surface area contributed by atoms with Gasteiger partial charge in [-0.2, -0.15) is 0 Å². The molecule has 3 nitrogen and oxygen atoms in total. The van der Waals surface area contributed by atoms with Crippen LogP contribution >= 0.6 is 15.8 Å². The Morgan fingerprint density at radius 3 is 1.21 bits per heavy atom. The molecule has 0 fully saturated rings. The zero-order valence-electron chi connectivity index (χ0n) is 37.2. The van der Waals surface area contributed by atoms with Gasteiger partial charge in [0.05, 0.1) is 5.69 Å². The standard InChI is InChI=1S/C25H18NO2.2C18H15P.BrH.Pd/c27-25(28-20-12-5-2-6-13-20)23-17-22(18-9-3-1-4-10-18)24-21-14-8-7-11-19(21)15-16-26(23)24;2*1-4-10-16(11-5-1)19(17-12-6-2-7-13-17)18-14-8-3-9-15-18;;/h1-12,14,17H,15-16H2;2*1-15H;1H;/p-1. The van der Waals surface area contributed by atoms with Gasteiger partial charge in [-0.15, -0.1) is 0 Å². The van der Waals surface area contributed by atoms with Crippen molar-refractivity contribution in [3.63, 3.8) is 0 Å². The van der Waals surface area contributed by atoms with E-state index in [0.717, 1.165) is 29.8 Å². The molecule has 2 heterocycles. The number of carbonyl (C=O) groups is 1. The number of ether oxygens (including phenoxy) is 1. The summed E-state index contributed by atoms with van der Waals surface area (Å²) in [6, 6.07) is 95.3. The fourth-order valence-electron chi connectivity index (χ4n) is 8.23. The summed E-state index contributed by atoms with van der Waals surface area (Å²) in [5.74, 6) is 0.0748. The zero-order valence-corrected chi connectivity index (χ0v) is 42.1. The Labute approximate surface area is 427 Å². The molecule has 68 heavy (non-hydrogen) atoms. The Morgan fingerprint density at radius 2 is 0.809 bits per heavy atom. The number of hydrogen-bond acceptors (Lipinski definition) is 2. The summed E-state index contributed by atoms with van der Waals surface area (Å²) < 4.78 is 7.68. The van der Waals surface area contributed by atoms with E-state index in [4.69, 9.17) is 4.74 Å². The second-order valence-electron chi connectivity index (χ2n) is 15.5. The molecule has 0 unspecified atom stereocenters. The predicted octanol–water partition coefficient (Wildman–Crippen LogP) is 9.29. The first-order chi connectivity index (χ1) is 32.7. The maximum Gasteiger partial charge on any atom is 0.360 e. The van der Waals surface area contributed by atoms with Gasteiger partial charge in [-0.25, -0.2) is 4.79 Å². The van der Waals surface area contributed by atoms with Crippen molar-refractivity contribution >= 4 is 53.6 Å². The van der Waals surface area contributed by atoms with Gasteiger partial charge in [0, 0.05) is 44.2 Å². The van der Waals surface area contributed by atoms with Crippen molar-refractivity contribution < 1.29 is 46.9 Å². The second kappa shape index (κ2) is 25.2. The van der Waals surface area contributed by atoms with E-state index in [1.54, 1.807) is 12.1 Å². The Hall–Kier alpha value is -6.27. The van der Waals surface area contributed by atoms with E-state index >= 15 is 0 Å². The summed E-state index contributed by atoms with van der Waals surface area (Å²) in [5.41, 5.74) is 6.28. The molecule has 1 aromatic heterocycles. The first-order valence-electron chi connectivity index (χ1n) is 22.2. The van der Waals surface area contributed by atoms with Gasteiger partial charge < -0.3 is 26.3 Å². The van der Waals surface area contributed by atoms with E-state index in [0.29, 0.717) is 11.4 Å². The molecular formula is C61H48BrNO2P2Pd-. The molecule has 7 heteroatoms. The molecule has 0 atom stereocenters. The average Bonchev–Trinajstić information content (AvgIpc) is 3.80. The molecular weight excluding hydrogens is 1030 g/mol. The van der Waals surface area contributed by atoms with E-state index in [-0.39, 0.29) is 43.4 Å². The number of carbonyl (C=O) groups excluding carboxylic acids is 1. The third-order valence-corrected chi connectivity index (χ3v) is 16.1. The number of para-hydroxylation sites is 1. The molecule has 0 amide bonds. The first-order valence-corrected chi connectivity index (χ1v) is 24.9. The molecule has 10 aromatic rings. The molecule has 0 spiro atoms. The van der Waals surface area contributed by atoms with Crippen molar-refractivity contribution in [2.45, 2.75) is 13.0 Å². The van der Waals surface area contributed by atoms with Crippen LogP contribution in [0.15, 0.2) is 267 Å². The molecule has 0 saturated carbocycles. The van der Waals surface area contributed by atoms with E-state index in [2.05, 4.69) is 223 Å². The van der Waals surface area contributed by atoms with E-state index in [1.165, 1.54) is 43.0 Å². The zero-order chi connectivity index (χ0) is 44.8. The number of nitrogens with zero attached hydrogens (tertiary/aromatic N) is 1. The van der Waals surface area contributed by atoms with Crippen LogP contribution in [0.4, 0.5) is 0 Å². The summed E-state index contributed by atoms with van der Waals surface area (Å²) in [4.78, 5) is 13.0. The minimum Gasteiger partial charge on any atom is -1.00 e. The molecule has 0 saturated heterocycles. The van der Waals surface area contributed by atoms with Gasteiger partial charge in [0.2, 0.25) is 0 Å². The van der Waals surface area contributed by atoms with Crippen molar-refractivity contribution in [3.8, 4) is 28.1 Å². The van der Waals surface area contributed by atoms with Gasteiger partial charge in [-0.1, -0.05) is 255 Å². The van der Waals surface area contributed by atoms with E-state index < -0.39 is 15.8 Å². The Kier molecular flexibility index (Phi) is 18.4. The quantitative estimate of drug-likeness (QED) is 0.0626. The number of fused-ring (bicyclic) bond motifs is 3. The second-order valence-corrected chi connectivity index (χ2v) is 20.0. The van der Waals surface area contributed by atoms with Gasteiger partial charge in [-0.05, 0) is 77.4 Å². The van der Waals surface area contributed by atoms with Crippen LogP contribution in [0.25, 0.3) is 22.4 Å². The molecule has 1 radical (unpaired) electrons. The maximum absolute atomic E-state index is 13.0. The van der Waals surface area contributed by atoms with E-state index in [9.17, 15) is 4.79 Å². The van der Waals surface area contributed by atoms with Crippen LogP contribution in [0, 0.1) is 6.07 Å². The van der Waals surface area contributed by atoms with Gasteiger partial charge in [0.1, 0.15) is 11.4 Å². The van der Waals surface area contributed by atoms with Crippen LogP contribution in [-0.4, -0.2) is 10.5 Å². The summed E-state index contributed by atoms with van der Waals surface area (Å²) in [6.45, 7) is 0.752. The van der Waals surface area contributed by atoms with Gasteiger partial charge in [-0.3, -0.25) is 0 Å². The van der Waals surface area contributed by atoms with E-state index in [1.807, 2.05) is 42.5 Å². The number of benzene rings is 9. The van der Waals surface area contributed by atoms with Crippen molar-refractivity contribution in [1.82, 2.24) is 4.57 Å². The van der Waals surface area contributed by atoms with Gasteiger partial charge in [0.15, 0.2) is 0 Å². The van der Waals surface area contributed by atoms with Crippen molar-refractivity contribution in [3.05, 3.63) is 284 Å². The monoisotopic (exact) mass is 1070 g/mol. The molecule has 1 aliphatic rings. The Bertz CT molecular complexity index is 2750. The predicted molar refractivity (Wildman–Crippen MR) is 280 cm³/mol. The smallest absolute Gasteiger partial charge is 0.360 e. The van der Waals surface area contributed by atoms with Crippen molar-refractivity contribution in [2.24, 2.45) is 0 Å². The molecule has 1 aliphatic heterocycles. The van der Waals surface area contributed by atoms with Crippen molar-refractivity contribution in [1.29, 1.82) is 0 Å². The number of esters is 1. The van der Waals surface area contributed by atoms with Crippen LogP contribution in [0.5, 0.6) is 5.75 Å². The fourth-order valence-corrected chi connectivity index (χ4v) is 12.8. The molecule has 0 bridgehead atoms. The maximum atomic E-state index is 13.0. The van der Waals surface area contributed by atoms with Gasteiger partial charge >= 0.3 is 5.97 Å². The number of hydrogen-bond donors (Lipinski definition) is 0. The number of rotatable bonds is 9. The Morgan fingerprint density at radius 1 is 0.441 bits per heavy atom. The molecule has 11 rings (SSSR count). The summed E-state index contributed by atoms with van der Waals surface area (Å²) >= 11 is 0.